The van der Waals surface area contributed by atoms with Crippen LogP contribution in [-0.2, 0) is 6.54 Å². The number of nitrogens with zero attached hydrogens (tertiary/aromatic N) is 2. The summed E-state index contributed by atoms with van der Waals surface area (Å²) in [5.41, 5.74) is 3.06. The summed E-state index contributed by atoms with van der Waals surface area (Å²) in [5, 5.41) is 0.466. The first-order valence-corrected chi connectivity index (χ1v) is 9.86. The monoisotopic (exact) mass is 358 g/mol. The summed E-state index contributed by atoms with van der Waals surface area (Å²) in [6, 6.07) is 16.8. The van der Waals surface area contributed by atoms with E-state index >= 15 is 0 Å². The van der Waals surface area contributed by atoms with Gasteiger partial charge in [0, 0.05) is 43.2 Å². The van der Waals surface area contributed by atoms with Gasteiger partial charge in [-0.1, -0.05) is 55.3 Å². The zero-order valence-corrected chi connectivity index (χ0v) is 16.1. The molecule has 134 valence electrons. The highest BCUT2D eigenvalue weighted by atomic mass is 32.2. The number of rotatable bonds is 5. The zero-order chi connectivity index (χ0) is 17.8. The van der Waals surface area contributed by atoms with Gasteiger partial charge >= 0.3 is 0 Å². The van der Waals surface area contributed by atoms with E-state index in [-0.39, 0.29) is 5.82 Å². The average Bonchev–Trinajstić information content (AvgIpc) is 2.64. The molecule has 3 rings (SSSR count). The van der Waals surface area contributed by atoms with Crippen LogP contribution in [0.1, 0.15) is 42.6 Å². The van der Waals surface area contributed by atoms with Crippen molar-refractivity contribution in [3.05, 3.63) is 65.5 Å². The molecule has 0 radical (unpaired) electrons. The second-order valence-corrected chi connectivity index (χ2v) is 8.14. The van der Waals surface area contributed by atoms with E-state index in [4.69, 9.17) is 0 Å². The molecule has 4 heteroatoms. The summed E-state index contributed by atoms with van der Waals surface area (Å²) >= 11 is 1.89. The van der Waals surface area contributed by atoms with Crippen molar-refractivity contribution in [1.82, 2.24) is 4.31 Å². The lowest BCUT2D eigenvalue weighted by Crippen LogP contribution is -2.33. The molecule has 0 aliphatic carbocycles. The van der Waals surface area contributed by atoms with Gasteiger partial charge in [0.15, 0.2) is 0 Å². The zero-order valence-electron chi connectivity index (χ0n) is 15.3. The highest BCUT2D eigenvalue weighted by Crippen LogP contribution is 2.44. The van der Waals surface area contributed by atoms with Gasteiger partial charge in [0.2, 0.25) is 0 Å². The van der Waals surface area contributed by atoms with Crippen molar-refractivity contribution < 1.29 is 4.39 Å². The third kappa shape index (κ3) is 4.36. The van der Waals surface area contributed by atoms with Gasteiger partial charge in [-0.15, -0.1) is 0 Å². The van der Waals surface area contributed by atoms with Crippen LogP contribution >= 0.6 is 11.9 Å². The van der Waals surface area contributed by atoms with Gasteiger partial charge < -0.3 is 4.90 Å². The minimum Gasteiger partial charge on any atom is -0.378 e. The second kappa shape index (κ2) is 8.24. The van der Waals surface area contributed by atoms with Crippen LogP contribution in [-0.4, -0.2) is 24.4 Å². The van der Waals surface area contributed by atoms with Gasteiger partial charge in [0.1, 0.15) is 5.82 Å². The standard InChI is InChI=1S/C21H27FN2S/c1-4-18-12-13-21(16-8-6-5-7-9-16)25-24(18)15-17-10-11-19(23(2)3)14-20(17)22/h5-11,14,18,21H,4,12-13,15H2,1-3H3/t18-,21-/m0/s1. The summed E-state index contributed by atoms with van der Waals surface area (Å²) in [7, 11) is 3.87. The number of hydrogen-bond acceptors (Lipinski definition) is 3. The Morgan fingerprint density at radius 1 is 1.12 bits per heavy atom. The van der Waals surface area contributed by atoms with E-state index in [0.29, 0.717) is 17.8 Å². The largest absolute Gasteiger partial charge is 0.378 e. The molecule has 1 aliphatic rings. The minimum atomic E-state index is -0.108. The van der Waals surface area contributed by atoms with Crippen molar-refractivity contribution in [2.45, 2.75) is 44.0 Å². The maximum atomic E-state index is 14.6. The maximum Gasteiger partial charge on any atom is 0.129 e. The predicted octanol–water partition coefficient (Wildman–Crippen LogP) is 5.66. The van der Waals surface area contributed by atoms with Gasteiger partial charge in [-0.25, -0.2) is 8.70 Å². The van der Waals surface area contributed by atoms with Crippen LogP contribution < -0.4 is 4.90 Å². The Morgan fingerprint density at radius 3 is 2.52 bits per heavy atom. The Balaban J connectivity index is 1.76. The smallest absolute Gasteiger partial charge is 0.129 e. The van der Waals surface area contributed by atoms with Crippen LogP contribution in [0.15, 0.2) is 48.5 Å². The molecule has 2 atom stereocenters. The van der Waals surface area contributed by atoms with Crippen molar-refractivity contribution in [3.63, 3.8) is 0 Å². The average molecular weight is 359 g/mol. The minimum absolute atomic E-state index is 0.108. The third-order valence-corrected chi connectivity index (χ3v) is 6.41. The highest BCUT2D eigenvalue weighted by Gasteiger charge is 2.29. The Bertz CT molecular complexity index is 690. The lowest BCUT2D eigenvalue weighted by atomic mass is 10.0. The van der Waals surface area contributed by atoms with Crippen LogP contribution in [0.4, 0.5) is 10.1 Å². The van der Waals surface area contributed by atoms with Crippen molar-refractivity contribution in [1.29, 1.82) is 0 Å². The second-order valence-electron chi connectivity index (χ2n) is 6.89. The van der Waals surface area contributed by atoms with Crippen molar-refractivity contribution in [2.24, 2.45) is 0 Å². The summed E-state index contributed by atoms with van der Waals surface area (Å²) in [5.74, 6) is -0.108. The van der Waals surface area contributed by atoms with E-state index in [2.05, 4.69) is 41.6 Å². The van der Waals surface area contributed by atoms with Gasteiger partial charge in [-0.3, -0.25) is 0 Å². The molecule has 2 aromatic rings. The number of hydrogen-bond donors (Lipinski definition) is 0. The molecule has 1 heterocycles. The summed E-state index contributed by atoms with van der Waals surface area (Å²) in [4.78, 5) is 1.93. The molecule has 1 saturated heterocycles. The first-order valence-electron chi connectivity index (χ1n) is 9.02. The fraction of sp³-hybridized carbons (Fsp3) is 0.429. The Hall–Kier alpha value is -1.52. The summed E-state index contributed by atoms with van der Waals surface area (Å²) in [6.45, 7) is 2.89. The van der Waals surface area contributed by atoms with Crippen LogP contribution in [0.3, 0.4) is 0 Å². The molecule has 0 N–H and O–H groups in total. The number of benzene rings is 2. The molecule has 0 amide bonds. The Kier molecular flexibility index (Phi) is 6.02. The lowest BCUT2D eigenvalue weighted by Gasteiger charge is -2.38. The molecule has 1 aliphatic heterocycles. The van der Waals surface area contributed by atoms with E-state index in [9.17, 15) is 4.39 Å². The Morgan fingerprint density at radius 2 is 1.88 bits per heavy atom. The van der Waals surface area contributed by atoms with Crippen molar-refractivity contribution in [2.75, 3.05) is 19.0 Å². The molecule has 0 unspecified atom stereocenters. The van der Waals surface area contributed by atoms with E-state index < -0.39 is 0 Å². The molecule has 0 spiro atoms. The van der Waals surface area contributed by atoms with Gasteiger partial charge in [-0.05, 0) is 37.0 Å². The molecule has 1 fully saturated rings. The molecular weight excluding hydrogens is 331 g/mol. The normalized spacial score (nSPS) is 21.3. The first-order chi connectivity index (χ1) is 12.1. The molecule has 0 aromatic heterocycles. The van der Waals surface area contributed by atoms with E-state index in [1.54, 1.807) is 6.07 Å². The first kappa shape index (κ1) is 18.3. The van der Waals surface area contributed by atoms with Crippen molar-refractivity contribution >= 4 is 17.6 Å². The van der Waals surface area contributed by atoms with Crippen LogP contribution in [0.5, 0.6) is 0 Å². The highest BCUT2D eigenvalue weighted by molar-refractivity contribution is 7.97. The van der Waals surface area contributed by atoms with Gasteiger partial charge in [-0.2, -0.15) is 0 Å². The van der Waals surface area contributed by atoms with Gasteiger partial charge in [0.25, 0.3) is 0 Å². The fourth-order valence-electron chi connectivity index (χ4n) is 3.37. The Labute approximate surface area is 155 Å². The number of anilines is 1. The quantitative estimate of drug-likeness (QED) is 0.637. The molecule has 2 aromatic carbocycles. The predicted molar refractivity (Wildman–Crippen MR) is 106 cm³/mol. The SMILES string of the molecule is CC[C@H]1CC[C@@H](c2ccccc2)SN1Cc1ccc(N(C)C)cc1F. The van der Waals surface area contributed by atoms with E-state index in [0.717, 1.165) is 17.7 Å². The van der Waals surface area contributed by atoms with E-state index in [1.165, 1.54) is 18.4 Å². The lowest BCUT2D eigenvalue weighted by molar-refractivity contribution is 0.290. The molecule has 2 nitrogen and oxygen atoms in total. The fourth-order valence-corrected chi connectivity index (χ4v) is 4.86. The summed E-state index contributed by atoms with van der Waals surface area (Å²) in [6.07, 6.45) is 3.46. The third-order valence-electron chi connectivity index (χ3n) is 4.95. The molecule has 0 bridgehead atoms. The topological polar surface area (TPSA) is 6.48 Å². The molecule has 0 saturated carbocycles. The summed E-state index contributed by atoms with van der Waals surface area (Å²) < 4.78 is 17.0. The van der Waals surface area contributed by atoms with Crippen LogP contribution in [0, 0.1) is 5.82 Å². The molecule has 25 heavy (non-hydrogen) atoms. The maximum absolute atomic E-state index is 14.6. The van der Waals surface area contributed by atoms with Crippen LogP contribution in [0.2, 0.25) is 0 Å². The van der Waals surface area contributed by atoms with Crippen molar-refractivity contribution in [3.8, 4) is 0 Å². The number of halogens is 1. The molecular formula is C21H27FN2S. The van der Waals surface area contributed by atoms with E-state index in [1.807, 2.05) is 43.1 Å². The van der Waals surface area contributed by atoms with Gasteiger partial charge in [0.05, 0.1) is 0 Å². The van der Waals surface area contributed by atoms with Crippen LogP contribution in [0.25, 0.3) is 0 Å².